The van der Waals surface area contributed by atoms with E-state index in [-0.39, 0.29) is 5.56 Å². The summed E-state index contributed by atoms with van der Waals surface area (Å²) in [6.07, 6.45) is 2.13. The average molecular weight is 354 g/mol. The Kier molecular flexibility index (Phi) is 3.51. The van der Waals surface area contributed by atoms with E-state index in [1.165, 1.54) is 4.88 Å². The minimum Gasteiger partial charge on any atom is -0.347 e. The Morgan fingerprint density at radius 2 is 2.04 bits per heavy atom. The van der Waals surface area contributed by atoms with Crippen molar-refractivity contribution in [2.45, 2.75) is 31.6 Å². The van der Waals surface area contributed by atoms with Gasteiger partial charge in [-0.25, -0.2) is 4.98 Å². The number of aromatic nitrogens is 2. The highest BCUT2D eigenvalue weighted by Crippen LogP contribution is 2.32. The van der Waals surface area contributed by atoms with Crippen LogP contribution in [0.1, 0.15) is 18.7 Å². The van der Waals surface area contributed by atoms with E-state index in [2.05, 4.69) is 11.4 Å². The molecule has 4 heterocycles. The number of fused-ring (bicyclic) bond motifs is 2. The molecular weight excluding hydrogens is 336 g/mol. The Balaban J connectivity index is 1.60. The summed E-state index contributed by atoms with van der Waals surface area (Å²) in [5.74, 6) is 0.297. The normalized spacial score (nSPS) is 19.2. The second kappa shape index (κ2) is 5.76. The van der Waals surface area contributed by atoms with Crippen LogP contribution < -0.4 is 5.56 Å². The summed E-state index contributed by atoms with van der Waals surface area (Å²) >= 11 is 1.69. The Labute approximate surface area is 148 Å². The van der Waals surface area contributed by atoms with Gasteiger partial charge >= 0.3 is 0 Å². The van der Waals surface area contributed by atoms with Gasteiger partial charge in [0.25, 0.3) is 5.56 Å². The number of benzene rings is 1. The molecule has 1 spiro atoms. The molecule has 0 atom stereocenters. The monoisotopic (exact) mass is 354 g/mol. The predicted molar refractivity (Wildman–Crippen MR) is 96.9 cm³/mol. The van der Waals surface area contributed by atoms with Crippen LogP contribution in [0, 0.1) is 0 Å². The zero-order valence-corrected chi connectivity index (χ0v) is 14.6. The Bertz CT molecular complexity index is 988. The van der Waals surface area contributed by atoms with Gasteiger partial charge in [0, 0.05) is 30.7 Å². The van der Waals surface area contributed by atoms with Crippen molar-refractivity contribution in [2.75, 3.05) is 13.2 Å². The van der Waals surface area contributed by atoms with Gasteiger partial charge in [-0.1, -0.05) is 12.1 Å². The Morgan fingerprint density at radius 3 is 2.84 bits per heavy atom. The van der Waals surface area contributed by atoms with Gasteiger partial charge in [0.2, 0.25) is 0 Å². The maximum Gasteiger partial charge on any atom is 0.261 e. The van der Waals surface area contributed by atoms with Crippen LogP contribution in [0.3, 0.4) is 0 Å². The number of hydrogen-bond donors (Lipinski definition) is 0. The number of nitrogens with zero attached hydrogens (tertiary/aromatic N) is 2. The highest BCUT2D eigenvalue weighted by molar-refractivity contribution is 7.13. The van der Waals surface area contributed by atoms with Crippen molar-refractivity contribution in [3.05, 3.63) is 51.9 Å². The minimum atomic E-state index is -0.533. The molecule has 2 aliphatic heterocycles. The standard InChI is InChI=1S/C19H18N2O3S/c22-18-14-4-3-13(16-2-1-11-25-16)12-15(14)20-17-5-6-19(7-8-21(17)18)23-9-10-24-19/h1-4,11-12H,5-10H2. The van der Waals surface area contributed by atoms with E-state index in [0.29, 0.717) is 38.0 Å². The molecule has 128 valence electrons. The molecule has 1 saturated heterocycles. The van der Waals surface area contributed by atoms with Crippen molar-refractivity contribution in [3.8, 4) is 10.4 Å². The fourth-order valence-electron chi connectivity index (χ4n) is 3.78. The maximum absolute atomic E-state index is 13.0. The van der Waals surface area contributed by atoms with Crippen molar-refractivity contribution >= 4 is 22.2 Å². The van der Waals surface area contributed by atoms with Crippen molar-refractivity contribution in [1.29, 1.82) is 0 Å². The van der Waals surface area contributed by atoms with Gasteiger partial charge in [0.1, 0.15) is 5.82 Å². The maximum atomic E-state index is 13.0. The lowest BCUT2D eigenvalue weighted by Crippen LogP contribution is -2.31. The van der Waals surface area contributed by atoms with Gasteiger partial charge in [-0.15, -0.1) is 11.3 Å². The van der Waals surface area contributed by atoms with Crippen LogP contribution in [0.25, 0.3) is 21.3 Å². The molecule has 3 aromatic rings. The van der Waals surface area contributed by atoms with E-state index in [4.69, 9.17) is 14.5 Å². The molecule has 2 aromatic heterocycles. The summed E-state index contributed by atoms with van der Waals surface area (Å²) in [5, 5.41) is 2.73. The predicted octanol–water partition coefficient (Wildman–Crippen LogP) is 3.20. The molecule has 0 amide bonds. The van der Waals surface area contributed by atoms with Crippen LogP contribution in [-0.2, 0) is 22.4 Å². The van der Waals surface area contributed by atoms with Gasteiger partial charge in [-0.05, 0) is 29.1 Å². The first-order chi connectivity index (χ1) is 12.2. The largest absolute Gasteiger partial charge is 0.347 e. The van der Waals surface area contributed by atoms with Gasteiger partial charge in [-0.2, -0.15) is 0 Å². The fraction of sp³-hybridized carbons (Fsp3) is 0.368. The number of hydrogen-bond acceptors (Lipinski definition) is 5. The van der Waals surface area contributed by atoms with Crippen molar-refractivity contribution in [2.24, 2.45) is 0 Å². The first-order valence-electron chi connectivity index (χ1n) is 8.59. The topological polar surface area (TPSA) is 53.4 Å². The van der Waals surface area contributed by atoms with Crippen molar-refractivity contribution < 1.29 is 9.47 Å². The van der Waals surface area contributed by atoms with Crippen LogP contribution in [-0.4, -0.2) is 28.6 Å². The summed E-state index contributed by atoms with van der Waals surface area (Å²) < 4.78 is 13.5. The lowest BCUT2D eigenvalue weighted by Gasteiger charge is -2.24. The second-order valence-corrected chi connectivity index (χ2v) is 7.50. The molecule has 1 fully saturated rings. The van der Waals surface area contributed by atoms with Gasteiger partial charge < -0.3 is 9.47 Å². The van der Waals surface area contributed by atoms with E-state index in [9.17, 15) is 4.79 Å². The Morgan fingerprint density at radius 1 is 1.16 bits per heavy atom. The molecule has 2 aliphatic rings. The fourth-order valence-corrected chi connectivity index (χ4v) is 4.50. The third-order valence-corrected chi connectivity index (χ3v) is 6.02. The van der Waals surface area contributed by atoms with Gasteiger partial charge in [0.15, 0.2) is 5.79 Å². The number of ether oxygens (including phenoxy) is 2. The molecule has 25 heavy (non-hydrogen) atoms. The molecule has 0 saturated carbocycles. The van der Waals surface area contributed by atoms with Crippen LogP contribution in [0.5, 0.6) is 0 Å². The molecular formula is C19H18N2O3S. The quantitative estimate of drug-likeness (QED) is 0.673. The molecule has 0 aliphatic carbocycles. The Hall–Kier alpha value is -2.02. The molecule has 5 rings (SSSR count). The summed E-state index contributed by atoms with van der Waals surface area (Å²) in [5.41, 5.74) is 1.91. The third kappa shape index (κ3) is 2.52. The van der Waals surface area contributed by atoms with Crippen LogP contribution >= 0.6 is 11.3 Å². The van der Waals surface area contributed by atoms with Gasteiger partial charge in [0.05, 0.1) is 24.1 Å². The van der Waals surface area contributed by atoms with Crippen LogP contribution in [0.2, 0.25) is 0 Å². The molecule has 6 heteroatoms. The third-order valence-electron chi connectivity index (χ3n) is 5.10. The van der Waals surface area contributed by atoms with Gasteiger partial charge in [-0.3, -0.25) is 9.36 Å². The van der Waals surface area contributed by atoms with Crippen molar-refractivity contribution in [1.82, 2.24) is 9.55 Å². The molecule has 0 bridgehead atoms. The number of thiophene rings is 1. The second-order valence-electron chi connectivity index (χ2n) is 6.55. The molecule has 5 nitrogen and oxygen atoms in total. The van der Waals surface area contributed by atoms with E-state index in [0.717, 1.165) is 23.3 Å². The zero-order valence-electron chi connectivity index (χ0n) is 13.7. The van der Waals surface area contributed by atoms with E-state index >= 15 is 0 Å². The number of rotatable bonds is 1. The van der Waals surface area contributed by atoms with Crippen LogP contribution in [0.15, 0.2) is 40.5 Å². The first kappa shape index (κ1) is 15.3. The lowest BCUT2D eigenvalue weighted by molar-refractivity contribution is -0.165. The SMILES string of the molecule is O=c1c2ccc(-c3cccs3)cc2nc2n1CCC1(CC2)OCCO1. The molecule has 0 N–H and O–H groups in total. The minimum absolute atomic E-state index is 0.0350. The molecule has 0 unspecified atom stereocenters. The number of aryl methyl sites for hydroxylation is 1. The summed E-state index contributed by atoms with van der Waals surface area (Å²) in [7, 11) is 0. The summed E-state index contributed by atoms with van der Waals surface area (Å²) in [6.45, 7) is 1.85. The van der Waals surface area contributed by atoms with Crippen molar-refractivity contribution in [3.63, 3.8) is 0 Å². The summed E-state index contributed by atoms with van der Waals surface area (Å²) in [6, 6.07) is 10.0. The lowest BCUT2D eigenvalue weighted by atomic mass is 10.1. The van der Waals surface area contributed by atoms with E-state index in [1.807, 2.05) is 24.3 Å². The average Bonchev–Trinajstić information content (AvgIpc) is 3.28. The van der Waals surface area contributed by atoms with E-state index in [1.54, 1.807) is 15.9 Å². The molecule has 1 aromatic carbocycles. The smallest absolute Gasteiger partial charge is 0.261 e. The zero-order chi connectivity index (χ0) is 16.9. The highest BCUT2D eigenvalue weighted by atomic mass is 32.1. The van der Waals surface area contributed by atoms with Crippen LogP contribution in [0.4, 0.5) is 0 Å². The first-order valence-corrected chi connectivity index (χ1v) is 9.47. The summed E-state index contributed by atoms with van der Waals surface area (Å²) in [4.78, 5) is 19.0. The molecule has 0 radical (unpaired) electrons. The van der Waals surface area contributed by atoms with E-state index < -0.39 is 5.79 Å². The highest BCUT2D eigenvalue weighted by Gasteiger charge is 2.38.